The van der Waals surface area contributed by atoms with Crippen LogP contribution >= 0.6 is 0 Å². The monoisotopic (exact) mass is 464 g/mol. The molecule has 2 aromatic carbocycles. The van der Waals surface area contributed by atoms with E-state index in [4.69, 9.17) is 9.26 Å². The Bertz CT molecular complexity index is 1170. The fraction of sp³-hybridized carbons (Fsp3) is 0.360. The van der Waals surface area contributed by atoms with Crippen LogP contribution in [0.4, 0.5) is 10.1 Å². The number of carbonyl (C=O) groups excluding carboxylic acids is 2. The van der Waals surface area contributed by atoms with E-state index in [9.17, 15) is 14.0 Å². The van der Waals surface area contributed by atoms with E-state index in [-0.39, 0.29) is 37.0 Å². The Kier molecular flexibility index (Phi) is 6.24. The molecule has 8 nitrogen and oxygen atoms in total. The van der Waals surface area contributed by atoms with E-state index in [2.05, 4.69) is 10.1 Å². The lowest BCUT2D eigenvalue weighted by molar-refractivity contribution is -0.139. The number of carbonyl (C=O) groups is 2. The average molecular weight is 464 g/mol. The zero-order valence-electron chi connectivity index (χ0n) is 18.7. The van der Waals surface area contributed by atoms with Crippen LogP contribution < -0.4 is 9.64 Å². The molecule has 0 bridgehead atoms. The van der Waals surface area contributed by atoms with Crippen LogP contribution in [0, 0.1) is 5.82 Å². The van der Waals surface area contributed by atoms with Crippen LogP contribution in [0.25, 0.3) is 11.4 Å². The van der Waals surface area contributed by atoms with Gasteiger partial charge in [0.25, 0.3) is 5.91 Å². The SMILES string of the molecule is O=C([C@@H]1CN(C(=O)CCc2nc(-c3ccc(F)cc3)no2)c2ccccc2O1)N1CCCCC1. The lowest BCUT2D eigenvalue weighted by atomic mass is 10.1. The third-order valence-corrected chi connectivity index (χ3v) is 6.14. The van der Waals surface area contributed by atoms with Crippen molar-refractivity contribution in [2.24, 2.45) is 0 Å². The summed E-state index contributed by atoms with van der Waals surface area (Å²) in [5.41, 5.74) is 1.27. The van der Waals surface area contributed by atoms with Gasteiger partial charge in [-0.3, -0.25) is 9.59 Å². The number of piperidine rings is 1. The summed E-state index contributed by atoms with van der Waals surface area (Å²) in [5.74, 6) is 0.595. The van der Waals surface area contributed by atoms with Crippen LogP contribution in [0.15, 0.2) is 53.1 Å². The highest BCUT2D eigenvalue weighted by Gasteiger charge is 2.36. The zero-order valence-corrected chi connectivity index (χ0v) is 18.7. The zero-order chi connectivity index (χ0) is 23.5. The van der Waals surface area contributed by atoms with Crippen molar-refractivity contribution in [3.05, 3.63) is 60.2 Å². The van der Waals surface area contributed by atoms with Crippen LogP contribution in [-0.2, 0) is 16.0 Å². The lowest BCUT2D eigenvalue weighted by Gasteiger charge is -2.37. The second-order valence-corrected chi connectivity index (χ2v) is 8.48. The molecule has 0 aliphatic carbocycles. The Balaban J connectivity index is 1.27. The van der Waals surface area contributed by atoms with Crippen molar-refractivity contribution in [1.29, 1.82) is 0 Å². The molecular formula is C25H25FN4O4. The molecule has 1 atom stereocenters. The van der Waals surface area contributed by atoms with Crippen molar-refractivity contribution in [3.63, 3.8) is 0 Å². The van der Waals surface area contributed by atoms with Gasteiger partial charge in [0.1, 0.15) is 11.6 Å². The first kappa shape index (κ1) is 22.1. The number of hydrogen-bond acceptors (Lipinski definition) is 6. The fourth-order valence-electron chi connectivity index (χ4n) is 4.34. The number of aromatic nitrogens is 2. The van der Waals surface area contributed by atoms with Gasteiger partial charge in [-0.1, -0.05) is 17.3 Å². The van der Waals surface area contributed by atoms with Gasteiger partial charge in [-0.15, -0.1) is 0 Å². The quantitative estimate of drug-likeness (QED) is 0.573. The highest BCUT2D eigenvalue weighted by molar-refractivity contribution is 5.97. The van der Waals surface area contributed by atoms with E-state index < -0.39 is 6.10 Å². The average Bonchev–Trinajstić information content (AvgIpc) is 3.36. The second kappa shape index (κ2) is 9.62. The molecule has 34 heavy (non-hydrogen) atoms. The Morgan fingerprint density at radius 1 is 1.03 bits per heavy atom. The Morgan fingerprint density at radius 3 is 2.59 bits per heavy atom. The largest absolute Gasteiger partial charge is 0.476 e. The molecule has 0 saturated carbocycles. The molecule has 176 valence electrons. The summed E-state index contributed by atoms with van der Waals surface area (Å²) >= 11 is 0. The van der Waals surface area contributed by atoms with Gasteiger partial charge in [0.15, 0.2) is 6.10 Å². The van der Waals surface area contributed by atoms with Crippen LogP contribution in [0.2, 0.25) is 0 Å². The minimum absolute atomic E-state index is 0.0761. The number of nitrogens with zero attached hydrogens (tertiary/aromatic N) is 4. The van der Waals surface area contributed by atoms with Gasteiger partial charge >= 0.3 is 0 Å². The number of hydrogen-bond donors (Lipinski definition) is 0. The lowest BCUT2D eigenvalue weighted by Crippen LogP contribution is -2.52. The van der Waals surface area contributed by atoms with E-state index in [1.165, 1.54) is 12.1 Å². The summed E-state index contributed by atoms with van der Waals surface area (Å²) < 4.78 is 24.4. The molecule has 1 saturated heterocycles. The number of ether oxygens (including phenoxy) is 1. The molecule has 1 fully saturated rings. The van der Waals surface area contributed by atoms with Crippen molar-refractivity contribution in [2.75, 3.05) is 24.5 Å². The smallest absolute Gasteiger partial charge is 0.265 e. The van der Waals surface area contributed by atoms with Crippen LogP contribution in [0.5, 0.6) is 5.75 Å². The van der Waals surface area contributed by atoms with Gasteiger partial charge in [-0.25, -0.2) is 4.39 Å². The number of rotatable bonds is 5. The van der Waals surface area contributed by atoms with Gasteiger partial charge in [0.05, 0.1) is 12.2 Å². The summed E-state index contributed by atoms with van der Waals surface area (Å²) in [6, 6.07) is 13.0. The van der Waals surface area contributed by atoms with Crippen molar-refractivity contribution in [2.45, 2.75) is 38.2 Å². The summed E-state index contributed by atoms with van der Waals surface area (Å²) in [4.78, 5) is 34.0. The molecule has 2 aliphatic heterocycles. The fourth-order valence-corrected chi connectivity index (χ4v) is 4.34. The van der Waals surface area contributed by atoms with Crippen molar-refractivity contribution >= 4 is 17.5 Å². The van der Waals surface area contributed by atoms with Crippen LogP contribution in [0.1, 0.15) is 31.6 Å². The standard InChI is InChI=1S/C25H25FN4O4/c26-18-10-8-17(9-11-18)24-27-22(34-28-24)12-13-23(31)30-16-21(25(32)29-14-4-1-5-15-29)33-20-7-3-2-6-19(20)30/h2-3,6-11,21H,1,4-5,12-16H2/t21-/m0/s1. The predicted molar refractivity (Wildman–Crippen MR) is 122 cm³/mol. The first-order valence-corrected chi connectivity index (χ1v) is 11.5. The Labute approximate surface area is 196 Å². The van der Waals surface area contributed by atoms with E-state index in [0.717, 1.165) is 32.4 Å². The maximum Gasteiger partial charge on any atom is 0.265 e. The summed E-state index contributed by atoms with van der Waals surface area (Å²) in [7, 11) is 0. The Hall–Kier alpha value is -3.75. The number of aryl methyl sites for hydroxylation is 1. The summed E-state index contributed by atoms with van der Waals surface area (Å²) in [6.45, 7) is 1.61. The minimum Gasteiger partial charge on any atom is -0.476 e. The topological polar surface area (TPSA) is 88.8 Å². The molecule has 2 aliphatic rings. The number of para-hydroxylation sites is 2. The van der Waals surface area contributed by atoms with Gasteiger partial charge in [0.2, 0.25) is 17.6 Å². The molecule has 9 heteroatoms. The second-order valence-electron chi connectivity index (χ2n) is 8.48. The van der Waals surface area contributed by atoms with Crippen molar-refractivity contribution in [1.82, 2.24) is 15.0 Å². The van der Waals surface area contributed by atoms with Crippen LogP contribution in [-0.4, -0.2) is 52.6 Å². The molecule has 0 radical (unpaired) electrons. The van der Waals surface area contributed by atoms with E-state index in [1.54, 1.807) is 23.1 Å². The van der Waals surface area contributed by atoms with Gasteiger partial charge in [-0.05, 0) is 55.7 Å². The summed E-state index contributed by atoms with van der Waals surface area (Å²) in [6.07, 6.45) is 2.75. The van der Waals surface area contributed by atoms with Gasteiger partial charge in [0, 0.05) is 31.5 Å². The van der Waals surface area contributed by atoms with Crippen molar-refractivity contribution < 1.29 is 23.2 Å². The third-order valence-electron chi connectivity index (χ3n) is 6.14. The first-order chi connectivity index (χ1) is 16.6. The number of likely N-dealkylation sites (tertiary alicyclic amines) is 1. The van der Waals surface area contributed by atoms with Crippen LogP contribution in [0.3, 0.4) is 0 Å². The molecule has 0 spiro atoms. The molecule has 0 N–H and O–H groups in total. The molecule has 3 heterocycles. The van der Waals surface area contributed by atoms with Gasteiger partial charge < -0.3 is 19.1 Å². The molecule has 0 unspecified atom stereocenters. The highest BCUT2D eigenvalue weighted by atomic mass is 19.1. The number of amides is 2. The highest BCUT2D eigenvalue weighted by Crippen LogP contribution is 2.34. The predicted octanol–water partition coefficient (Wildman–Crippen LogP) is 3.62. The van der Waals surface area contributed by atoms with E-state index >= 15 is 0 Å². The molecular weight excluding hydrogens is 439 g/mol. The number of halogens is 1. The van der Waals surface area contributed by atoms with Gasteiger partial charge in [-0.2, -0.15) is 4.98 Å². The third kappa shape index (κ3) is 4.64. The number of benzene rings is 2. The summed E-state index contributed by atoms with van der Waals surface area (Å²) in [5, 5.41) is 3.93. The minimum atomic E-state index is -0.731. The maximum atomic E-state index is 13.2. The van der Waals surface area contributed by atoms with Crippen molar-refractivity contribution in [3.8, 4) is 17.1 Å². The number of fused-ring (bicyclic) bond motifs is 1. The maximum absolute atomic E-state index is 13.2. The molecule has 5 rings (SSSR count). The van der Waals surface area contributed by atoms with E-state index in [0.29, 0.717) is 28.7 Å². The number of anilines is 1. The Morgan fingerprint density at radius 2 is 1.79 bits per heavy atom. The normalized spacial score (nSPS) is 17.7. The van der Waals surface area contributed by atoms with E-state index in [1.807, 2.05) is 23.1 Å². The molecule has 1 aromatic heterocycles. The molecule has 3 aromatic rings. The first-order valence-electron chi connectivity index (χ1n) is 11.5. The molecule has 2 amide bonds.